The van der Waals surface area contributed by atoms with E-state index < -0.39 is 0 Å². The van der Waals surface area contributed by atoms with Crippen molar-refractivity contribution in [3.8, 4) is 6.01 Å². The standard InChI is InChI=1S/C13H23N5O2/c1-3-14-11-15-12(17-13(16-11)20-4-2)18(8-9-19)10-6-5-7-10/h10,19H,3-9H2,1-2H3,(H,14,15,16,17). The molecule has 20 heavy (non-hydrogen) atoms. The number of nitrogens with one attached hydrogen (secondary N) is 1. The topological polar surface area (TPSA) is 83.4 Å². The van der Waals surface area contributed by atoms with Gasteiger partial charge in [-0.05, 0) is 33.1 Å². The molecule has 0 aliphatic heterocycles. The fourth-order valence-corrected chi connectivity index (χ4v) is 2.16. The minimum absolute atomic E-state index is 0.0860. The second-order valence-electron chi connectivity index (χ2n) is 4.71. The van der Waals surface area contributed by atoms with Gasteiger partial charge < -0.3 is 20.1 Å². The van der Waals surface area contributed by atoms with E-state index in [1.54, 1.807) is 0 Å². The SMILES string of the molecule is CCNc1nc(OCC)nc(N(CCO)C2CCC2)n1. The molecular weight excluding hydrogens is 258 g/mol. The molecule has 0 amide bonds. The van der Waals surface area contributed by atoms with E-state index in [2.05, 4.69) is 25.2 Å². The first-order valence-electron chi connectivity index (χ1n) is 7.28. The van der Waals surface area contributed by atoms with Crippen molar-refractivity contribution in [2.75, 3.05) is 36.5 Å². The van der Waals surface area contributed by atoms with Gasteiger partial charge in [0.25, 0.3) is 0 Å². The highest BCUT2D eigenvalue weighted by Crippen LogP contribution is 2.28. The summed E-state index contributed by atoms with van der Waals surface area (Å²) in [6.07, 6.45) is 3.45. The van der Waals surface area contributed by atoms with Crippen LogP contribution in [0.3, 0.4) is 0 Å². The second kappa shape index (κ2) is 7.23. The predicted molar refractivity (Wildman–Crippen MR) is 77.2 cm³/mol. The van der Waals surface area contributed by atoms with Gasteiger partial charge in [0.1, 0.15) is 0 Å². The molecule has 1 heterocycles. The molecule has 0 radical (unpaired) electrons. The highest BCUT2D eigenvalue weighted by atomic mass is 16.5. The van der Waals surface area contributed by atoms with Crippen molar-refractivity contribution in [3.63, 3.8) is 0 Å². The molecule has 0 unspecified atom stereocenters. The summed E-state index contributed by atoms with van der Waals surface area (Å²) in [5.41, 5.74) is 0. The van der Waals surface area contributed by atoms with Gasteiger partial charge in [-0.2, -0.15) is 15.0 Å². The summed E-state index contributed by atoms with van der Waals surface area (Å²) in [4.78, 5) is 15.1. The predicted octanol–water partition coefficient (Wildman–Crippen LogP) is 1.05. The van der Waals surface area contributed by atoms with Crippen molar-refractivity contribution in [1.29, 1.82) is 0 Å². The Morgan fingerprint density at radius 1 is 1.30 bits per heavy atom. The molecular formula is C13H23N5O2. The van der Waals surface area contributed by atoms with Crippen LogP contribution in [0.5, 0.6) is 6.01 Å². The summed E-state index contributed by atoms with van der Waals surface area (Å²) in [5, 5.41) is 12.3. The van der Waals surface area contributed by atoms with Crippen molar-refractivity contribution in [2.45, 2.75) is 39.2 Å². The molecule has 1 saturated carbocycles. The van der Waals surface area contributed by atoms with E-state index in [4.69, 9.17) is 4.74 Å². The van der Waals surface area contributed by atoms with E-state index in [9.17, 15) is 5.11 Å². The number of hydrogen-bond donors (Lipinski definition) is 2. The fraction of sp³-hybridized carbons (Fsp3) is 0.769. The van der Waals surface area contributed by atoms with Crippen LogP contribution in [-0.4, -0.2) is 52.4 Å². The van der Waals surface area contributed by atoms with Crippen LogP contribution in [0.25, 0.3) is 0 Å². The van der Waals surface area contributed by atoms with E-state index in [0.717, 1.165) is 19.4 Å². The Labute approximate surface area is 119 Å². The Bertz CT molecular complexity index is 401. The average molecular weight is 281 g/mol. The largest absolute Gasteiger partial charge is 0.464 e. The van der Waals surface area contributed by atoms with Gasteiger partial charge >= 0.3 is 6.01 Å². The highest BCUT2D eigenvalue weighted by molar-refractivity contribution is 5.40. The molecule has 2 rings (SSSR count). The number of aliphatic hydroxyl groups is 1. The lowest BCUT2D eigenvalue weighted by atomic mass is 9.92. The van der Waals surface area contributed by atoms with Crippen LogP contribution >= 0.6 is 0 Å². The fourth-order valence-electron chi connectivity index (χ4n) is 2.16. The third kappa shape index (κ3) is 3.47. The molecule has 2 N–H and O–H groups in total. The second-order valence-corrected chi connectivity index (χ2v) is 4.71. The maximum Gasteiger partial charge on any atom is 0.323 e. The number of aliphatic hydroxyl groups excluding tert-OH is 1. The zero-order valence-corrected chi connectivity index (χ0v) is 12.2. The highest BCUT2D eigenvalue weighted by Gasteiger charge is 2.27. The Kier molecular flexibility index (Phi) is 5.34. The van der Waals surface area contributed by atoms with Crippen LogP contribution in [0.15, 0.2) is 0 Å². The third-order valence-electron chi connectivity index (χ3n) is 3.32. The van der Waals surface area contributed by atoms with Gasteiger partial charge in [0.05, 0.1) is 13.2 Å². The first-order chi connectivity index (χ1) is 9.78. The molecule has 0 bridgehead atoms. The molecule has 7 nitrogen and oxygen atoms in total. The average Bonchev–Trinajstić information content (AvgIpc) is 2.36. The van der Waals surface area contributed by atoms with E-state index >= 15 is 0 Å². The minimum Gasteiger partial charge on any atom is -0.464 e. The Morgan fingerprint density at radius 3 is 2.65 bits per heavy atom. The van der Waals surface area contributed by atoms with Crippen LogP contribution in [-0.2, 0) is 0 Å². The summed E-state index contributed by atoms with van der Waals surface area (Å²) < 4.78 is 5.40. The van der Waals surface area contributed by atoms with Crippen molar-refractivity contribution in [3.05, 3.63) is 0 Å². The molecule has 0 atom stereocenters. The lowest BCUT2D eigenvalue weighted by molar-refractivity contribution is 0.280. The number of rotatable bonds is 8. The van der Waals surface area contributed by atoms with Gasteiger partial charge in [-0.3, -0.25) is 0 Å². The summed E-state index contributed by atoms with van der Waals surface area (Å²) in [7, 11) is 0. The van der Waals surface area contributed by atoms with Crippen LogP contribution < -0.4 is 15.0 Å². The molecule has 1 fully saturated rings. The Balaban J connectivity index is 2.25. The zero-order valence-electron chi connectivity index (χ0n) is 12.2. The smallest absolute Gasteiger partial charge is 0.323 e. The molecule has 7 heteroatoms. The van der Waals surface area contributed by atoms with Crippen LogP contribution in [0.1, 0.15) is 33.1 Å². The first-order valence-corrected chi connectivity index (χ1v) is 7.28. The number of hydrogen-bond acceptors (Lipinski definition) is 7. The molecule has 1 aromatic heterocycles. The van der Waals surface area contributed by atoms with Crippen LogP contribution in [0.2, 0.25) is 0 Å². The van der Waals surface area contributed by atoms with Crippen molar-refractivity contribution in [1.82, 2.24) is 15.0 Å². The summed E-state index contributed by atoms with van der Waals surface area (Å²) >= 11 is 0. The summed E-state index contributed by atoms with van der Waals surface area (Å²) in [6, 6.07) is 0.740. The zero-order chi connectivity index (χ0) is 14.4. The van der Waals surface area contributed by atoms with Gasteiger partial charge in [-0.25, -0.2) is 0 Å². The normalized spacial score (nSPS) is 14.8. The summed E-state index contributed by atoms with van der Waals surface area (Å²) in [6.45, 7) is 5.75. The number of ether oxygens (including phenoxy) is 1. The van der Waals surface area contributed by atoms with Crippen LogP contribution in [0, 0.1) is 0 Å². The maximum absolute atomic E-state index is 9.25. The van der Waals surface area contributed by atoms with E-state index in [1.807, 2.05) is 13.8 Å². The van der Waals surface area contributed by atoms with Crippen molar-refractivity contribution >= 4 is 11.9 Å². The van der Waals surface area contributed by atoms with Gasteiger partial charge in [0.15, 0.2) is 0 Å². The first kappa shape index (κ1) is 14.8. The monoisotopic (exact) mass is 281 g/mol. The van der Waals surface area contributed by atoms with E-state index in [-0.39, 0.29) is 6.61 Å². The van der Waals surface area contributed by atoms with Crippen LogP contribution in [0.4, 0.5) is 11.9 Å². The lowest BCUT2D eigenvalue weighted by Gasteiger charge is -2.37. The van der Waals surface area contributed by atoms with E-state index in [1.165, 1.54) is 6.42 Å². The lowest BCUT2D eigenvalue weighted by Crippen LogP contribution is -2.43. The quantitative estimate of drug-likeness (QED) is 0.737. The van der Waals surface area contributed by atoms with Crippen molar-refractivity contribution in [2.24, 2.45) is 0 Å². The molecule has 0 aromatic carbocycles. The number of nitrogens with zero attached hydrogens (tertiary/aromatic N) is 4. The molecule has 1 aliphatic rings. The Morgan fingerprint density at radius 2 is 2.10 bits per heavy atom. The molecule has 0 saturated heterocycles. The number of anilines is 2. The van der Waals surface area contributed by atoms with Gasteiger partial charge in [0.2, 0.25) is 11.9 Å². The summed E-state index contributed by atoms with van der Waals surface area (Å²) in [5.74, 6) is 1.10. The maximum atomic E-state index is 9.25. The molecule has 112 valence electrons. The minimum atomic E-state index is 0.0860. The Hall–Kier alpha value is -1.63. The molecule has 1 aliphatic carbocycles. The molecule has 0 spiro atoms. The van der Waals surface area contributed by atoms with Gasteiger partial charge in [-0.15, -0.1) is 0 Å². The number of aromatic nitrogens is 3. The van der Waals surface area contributed by atoms with Gasteiger partial charge in [0, 0.05) is 19.1 Å². The molecule has 1 aromatic rings. The van der Waals surface area contributed by atoms with Gasteiger partial charge in [-0.1, -0.05) is 0 Å². The van der Waals surface area contributed by atoms with E-state index in [0.29, 0.717) is 37.1 Å². The third-order valence-corrected chi connectivity index (χ3v) is 3.32. The van der Waals surface area contributed by atoms with Crippen molar-refractivity contribution < 1.29 is 9.84 Å².